The molecule has 12 heteroatoms. The van der Waals surface area contributed by atoms with Gasteiger partial charge in [-0.1, -0.05) is 72.8 Å². The number of nitrogens with one attached hydrogen (secondary N) is 1. The monoisotopic (exact) mass is 720 g/mol. The molecule has 4 aromatic carbocycles. The number of likely N-dealkylation sites (tertiary alicyclic amines) is 1. The first kappa shape index (κ1) is 36.4. The van der Waals surface area contributed by atoms with E-state index in [1.54, 1.807) is 18.9 Å². The third-order valence-electron chi connectivity index (χ3n) is 9.05. The Hall–Kier alpha value is -4.36. The van der Waals surface area contributed by atoms with Gasteiger partial charge in [0, 0.05) is 35.7 Å². The quantitative estimate of drug-likeness (QED) is 0.156. The molecule has 0 aliphatic carbocycles. The van der Waals surface area contributed by atoms with Gasteiger partial charge in [0.2, 0.25) is 5.91 Å². The number of rotatable bonds is 11. The molecule has 268 valence electrons. The van der Waals surface area contributed by atoms with E-state index in [0.29, 0.717) is 23.5 Å². The molecule has 2 N–H and O–H groups in total. The van der Waals surface area contributed by atoms with Gasteiger partial charge in [0.15, 0.2) is 6.29 Å². The largest absolute Gasteiger partial charge is 0.496 e. The third-order valence-corrected chi connectivity index (χ3v) is 10.2. The Balaban J connectivity index is 1.17. The second kappa shape index (κ2) is 16.3. The summed E-state index contributed by atoms with van der Waals surface area (Å²) in [7, 11) is 1.65. The standard InChI is InChI=1S/C39H39F3N2O6S/c1-48-33-12-2-3-13-35(33)51-24-31-21-34(27-16-14-25(23-45)15-17-27)50-37(49-31)30-10-5-9-29(20-30)28-8-4-7-26(19-28)22-43-36(46)32-11-6-18-44(32)38(47)39(40,41)42/h2-5,7-10,12-17,19-20,31-32,34,37,45H,6,11,18,21-24H2,1H3,(H,43,46)/t31-,32-,34+,37+/m0/s1. The van der Waals surface area contributed by atoms with Crippen LogP contribution in [0.15, 0.2) is 102 Å². The highest BCUT2D eigenvalue weighted by Gasteiger charge is 2.47. The first-order chi connectivity index (χ1) is 24.6. The van der Waals surface area contributed by atoms with Crippen LogP contribution >= 0.6 is 11.8 Å². The highest BCUT2D eigenvalue weighted by molar-refractivity contribution is 7.99. The Morgan fingerprint density at radius 3 is 2.41 bits per heavy atom. The number of alkyl halides is 3. The van der Waals surface area contributed by atoms with Crippen molar-refractivity contribution in [2.75, 3.05) is 19.4 Å². The number of halogens is 3. The van der Waals surface area contributed by atoms with Crippen LogP contribution in [0.4, 0.5) is 13.2 Å². The zero-order valence-electron chi connectivity index (χ0n) is 28.0. The molecule has 2 saturated heterocycles. The molecule has 0 bridgehead atoms. The molecule has 2 aliphatic rings. The van der Waals surface area contributed by atoms with Gasteiger partial charge in [-0.3, -0.25) is 9.59 Å². The van der Waals surface area contributed by atoms with E-state index in [0.717, 1.165) is 44.0 Å². The summed E-state index contributed by atoms with van der Waals surface area (Å²) < 4.78 is 57.9. The average molecular weight is 721 g/mol. The Bertz CT molecular complexity index is 1820. The molecule has 8 nitrogen and oxygen atoms in total. The number of nitrogens with zero attached hydrogens (tertiary/aromatic N) is 1. The van der Waals surface area contributed by atoms with Crippen LogP contribution in [-0.4, -0.2) is 59.6 Å². The number of hydrogen-bond donors (Lipinski definition) is 2. The molecule has 2 heterocycles. The number of hydrogen-bond acceptors (Lipinski definition) is 7. The first-order valence-electron chi connectivity index (χ1n) is 16.7. The van der Waals surface area contributed by atoms with Crippen LogP contribution in [-0.2, 0) is 32.2 Å². The minimum atomic E-state index is -5.03. The van der Waals surface area contributed by atoms with E-state index in [9.17, 15) is 27.9 Å². The smallest absolute Gasteiger partial charge is 0.471 e. The summed E-state index contributed by atoms with van der Waals surface area (Å²) in [6, 6.07) is 29.8. The fourth-order valence-electron chi connectivity index (χ4n) is 6.42. The zero-order chi connectivity index (χ0) is 36.0. The maximum Gasteiger partial charge on any atom is 0.471 e. The number of thioether (sulfide) groups is 1. The Labute approximate surface area is 298 Å². The number of amides is 2. The fraction of sp³-hybridized carbons (Fsp3) is 0.333. The lowest BCUT2D eigenvalue weighted by Gasteiger charge is -2.36. The van der Waals surface area contributed by atoms with Gasteiger partial charge in [0.05, 0.1) is 25.9 Å². The summed E-state index contributed by atoms with van der Waals surface area (Å²) in [4.78, 5) is 26.3. The Kier molecular flexibility index (Phi) is 11.7. The van der Waals surface area contributed by atoms with Gasteiger partial charge in [-0.25, -0.2) is 0 Å². The van der Waals surface area contributed by atoms with Crippen LogP contribution in [0.1, 0.15) is 53.9 Å². The van der Waals surface area contributed by atoms with Gasteiger partial charge in [-0.05, 0) is 64.9 Å². The number of carbonyl (C=O) groups excluding carboxylic acids is 2. The van der Waals surface area contributed by atoms with Crippen molar-refractivity contribution in [3.63, 3.8) is 0 Å². The minimum absolute atomic E-state index is 0.0435. The van der Waals surface area contributed by atoms with Crippen molar-refractivity contribution >= 4 is 23.6 Å². The SMILES string of the molecule is COc1ccccc1SC[C@@H]1C[C@H](c2ccc(CO)cc2)O[C@H](c2cccc(-c3cccc(CNC(=O)[C@@H]4CCCN4C(=O)C(F)(F)F)c3)c2)O1. The van der Waals surface area contributed by atoms with E-state index in [-0.39, 0.29) is 38.3 Å². The Morgan fingerprint density at radius 1 is 0.922 bits per heavy atom. The van der Waals surface area contributed by atoms with Crippen LogP contribution in [0.3, 0.4) is 0 Å². The van der Waals surface area contributed by atoms with Crippen molar-refractivity contribution in [3.8, 4) is 16.9 Å². The lowest BCUT2D eigenvalue weighted by molar-refractivity contribution is -0.245. The number of aliphatic hydroxyl groups is 1. The maximum atomic E-state index is 13.1. The zero-order valence-corrected chi connectivity index (χ0v) is 28.8. The molecular weight excluding hydrogens is 681 g/mol. The summed E-state index contributed by atoms with van der Waals surface area (Å²) in [5.74, 6) is -1.13. The topological polar surface area (TPSA) is 97.3 Å². The molecule has 2 aliphatic heterocycles. The van der Waals surface area contributed by atoms with Crippen LogP contribution in [0.25, 0.3) is 11.1 Å². The average Bonchev–Trinajstić information content (AvgIpc) is 3.66. The number of aliphatic hydroxyl groups excluding tert-OH is 1. The summed E-state index contributed by atoms with van der Waals surface area (Å²) in [6.07, 6.45) is -4.95. The molecular formula is C39H39F3N2O6S. The van der Waals surface area contributed by atoms with Crippen molar-refractivity contribution in [2.45, 2.75) is 68.0 Å². The van der Waals surface area contributed by atoms with Gasteiger partial charge in [0.25, 0.3) is 0 Å². The molecule has 6 rings (SSSR count). The van der Waals surface area contributed by atoms with Gasteiger partial charge >= 0.3 is 12.1 Å². The number of benzene rings is 4. The van der Waals surface area contributed by atoms with Crippen LogP contribution in [0, 0.1) is 0 Å². The van der Waals surface area contributed by atoms with E-state index in [4.69, 9.17) is 14.2 Å². The molecule has 51 heavy (non-hydrogen) atoms. The molecule has 0 spiro atoms. The predicted molar refractivity (Wildman–Crippen MR) is 187 cm³/mol. The summed E-state index contributed by atoms with van der Waals surface area (Å²) in [6.45, 7) is -0.0546. The van der Waals surface area contributed by atoms with Crippen LogP contribution < -0.4 is 10.1 Å². The fourth-order valence-corrected chi connectivity index (χ4v) is 7.47. The van der Waals surface area contributed by atoms with E-state index in [1.165, 1.54) is 0 Å². The van der Waals surface area contributed by atoms with E-state index in [2.05, 4.69) is 5.32 Å². The summed E-state index contributed by atoms with van der Waals surface area (Å²) in [5, 5.41) is 12.3. The number of para-hydroxylation sites is 1. The van der Waals surface area contributed by atoms with Gasteiger partial charge < -0.3 is 29.5 Å². The third kappa shape index (κ3) is 8.93. The molecule has 2 amide bonds. The van der Waals surface area contributed by atoms with Crippen LogP contribution in [0.5, 0.6) is 5.75 Å². The van der Waals surface area contributed by atoms with Crippen LogP contribution in [0.2, 0.25) is 0 Å². The molecule has 0 radical (unpaired) electrons. The van der Waals surface area contributed by atoms with Crippen molar-refractivity contribution in [1.29, 1.82) is 0 Å². The van der Waals surface area contributed by atoms with Crippen molar-refractivity contribution in [1.82, 2.24) is 10.2 Å². The maximum absolute atomic E-state index is 13.1. The summed E-state index contributed by atoms with van der Waals surface area (Å²) in [5.41, 5.74) is 5.14. The molecule has 0 aromatic heterocycles. The minimum Gasteiger partial charge on any atom is -0.496 e. The predicted octanol–water partition coefficient (Wildman–Crippen LogP) is 7.36. The molecule has 0 unspecified atom stereocenters. The van der Waals surface area contributed by atoms with E-state index < -0.39 is 30.3 Å². The number of methoxy groups -OCH3 is 1. The van der Waals surface area contributed by atoms with Crippen molar-refractivity contribution < 1.29 is 42.1 Å². The van der Waals surface area contributed by atoms with E-state index in [1.807, 2.05) is 97.1 Å². The van der Waals surface area contributed by atoms with Crippen molar-refractivity contribution in [3.05, 3.63) is 119 Å². The van der Waals surface area contributed by atoms with Gasteiger partial charge in [0.1, 0.15) is 11.8 Å². The molecule has 0 saturated carbocycles. The summed E-state index contributed by atoms with van der Waals surface area (Å²) >= 11 is 1.66. The molecule has 2 fully saturated rings. The Morgan fingerprint density at radius 2 is 1.67 bits per heavy atom. The highest BCUT2D eigenvalue weighted by atomic mass is 32.2. The first-order valence-corrected chi connectivity index (χ1v) is 17.7. The second-order valence-electron chi connectivity index (χ2n) is 12.5. The van der Waals surface area contributed by atoms with Crippen molar-refractivity contribution in [2.24, 2.45) is 0 Å². The normalized spacial score (nSPS) is 20.6. The number of carbonyl (C=O) groups is 2. The lowest BCUT2D eigenvalue weighted by Crippen LogP contribution is -2.50. The molecule has 4 atom stereocenters. The van der Waals surface area contributed by atoms with Gasteiger partial charge in [-0.15, -0.1) is 11.8 Å². The number of ether oxygens (including phenoxy) is 3. The van der Waals surface area contributed by atoms with E-state index >= 15 is 0 Å². The molecule has 4 aromatic rings. The van der Waals surface area contributed by atoms with Gasteiger partial charge in [-0.2, -0.15) is 13.2 Å². The lowest BCUT2D eigenvalue weighted by atomic mass is 9.99. The second-order valence-corrected chi connectivity index (χ2v) is 13.6. The highest BCUT2D eigenvalue weighted by Crippen LogP contribution is 2.41.